The van der Waals surface area contributed by atoms with Crippen molar-refractivity contribution in [3.05, 3.63) is 0 Å². The zero-order chi connectivity index (χ0) is 14.4. The third-order valence-electron chi connectivity index (χ3n) is 3.64. The molecule has 3 N–H and O–H groups in total. The molecule has 2 atom stereocenters. The number of piperidine rings is 1. The summed E-state index contributed by atoms with van der Waals surface area (Å²) in [6.07, 6.45) is 3.50. The molecule has 1 heterocycles. The lowest BCUT2D eigenvalue weighted by atomic mass is 9.92. The van der Waals surface area contributed by atoms with Gasteiger partial charge < -0.3 is 15.7 Å². The van der Waals surface area contributed by atoms with Crippen molar-refractivity contribution in [3.8, 4) is 0 Å². The predicted molar refractivity (Wildman–Crippen MR) is 73.6 cm³/mol. The Labute approximate surface area is 115 Å². The first kappa shape index (κ1) is 16.0. The molecule has 0 aromatic heterocycles. The highest BCUT2D eigenvalue weighted by atomic mass is 16.4. The van der Waals surface area contributed by atoms with E-state index >= 15 is 0 Å². The highest BCUT2D eigenvalue weighted by molar-refractivity contribution is 5.81. The summed E-state index contributed by atoms with van der Waals surface area (Å²) in [5, 5.41) is 8.71. The van der Waals surface area contributed by atoms with Crippen LogP contribution in [-0.4, -0.2) is 41.0 Å². The Balaban J connectivity index is 2.44. The topological polar surface area (TPSA) is 83.6 Å². The van der Waals surface area contributed by atoms with Gasteiger partial charge >= 0.3 is 5.97 Å². The highest BCUT2D eigenvalue weighted by Gasteiger charge is 2.27. The maximum absolute atomic E-state index is 12.2. The third-order valence-corrected chi connectivity index (χ3v) is 3.64. The summed E-state index contributed by atoms with van der Waals surface area (Å²) in [4.78, 5) is 24.6. The molecule has 1 amide bonds. The SMILES string of the molecule is CC(C)C[C@@H](N)C(=O)N1CCCC(CCC(=O)O)C1. The fourth-order valence-electron chi connectivity index (χ4n) is 2.67. The Bertz CT molecular complexity index is 318. The number of hydrogen-bond acceptors (Lipinski definition) is 3. The summed E-state index contributed by atoms with van der Waals surface area (Å²) in [6, 6.07) is -0.418. The Morgan fingerprint density at radius 3 is 2.68 bits per heavy atom. The number of carboxylic acids is 1. The van der Waals surface area contributed by atoms with Crippen molar-refractivity contribution in [1.29, 1.82) is 0 Å². The number of likely N-dealkylation sites (tertiary alicyclic amines) is 1. The first-order valence-electron chi connectivity index (χ1n) is 7.16. The molecular formula is C14H26N2O3. The van der Waals surface area contributed by atoms with Crippen LogP contribution in [0.1, 0.15) is 46.0 Å². The second-order valence-corrected chi connectivity index (χ2v) is 5.96. The maximum atomic E-state index is 12.2. The normalized spacial score (nSPS) is 21.5. The van der Waals surface area contributed by atoms with Crippen LogP contribution in [-0.2, 0) is 9.59 Å². The van der Waals surface area contributed by atoms with E-state index in [9.17, 15) is 9.59 Å². The molecule has 0 saturated carbocycles. The van der Waals surface area contributed by atoms with Gasteiger partial charge in [0.05, 0.1) is 6.04 Å². The minimum atomic E-state index is -0.764. The van der Waals surface area contributed by atoms with Gasteiger partial charge in [-0.05, 0) is 37.5 Å². The summed E-state index contributed by atoms with van der Waals surface area (Å²) < 4.78 is 0. The van der Waals surface area contributed by atoms with Gasteiger partial charge in [-0.15, -0.1) is 0 Å². The van der Waals surface area contributed by atoms with Gasteiger partial charge in [0.25, 0.3) is 0 Å². The van der Waals surface area contributed by atoms with Crippen LogP contribution in [0.2, 0.25) is 0 Å². The number of hydrogen-bond donors (Lipinski definition) is 2. The Morgan fingerprint density at radius 1 is 1.42 bits per heavy atom. The van der Waals surface area contributed by atoms with Crippen molar-refractivity contribution in [2.75, 3.05) is 13.1 Å². The minimum absolute atomic E-state index is 0.0220. The molecule has 1 rings (SSSR count). The molecule has 1 saturated heterocycles. The van der Waals surface area contributed by atoms with Crippen LogP contribution in [0.25, 0.3) is 0 Å². The minimum Gasteiger partial charge on any atom is -0.481 e. The summed E-state index contributed by atoms with van der Waals surface area (Å²) in [6.45, 7) is 5.53. The lowest BCUT2D eigenvalue weighted by molar-refractivity contribution is -0.137. The lowest BCUT2D eigenvalue weighted by Crippen LogP contribution is -2.48. The van der Waals surface area contributed by atoms with E-state index in [1.165, 1.54) is 0 Å². The van der Waals surface area contributed by atoms with E-state index in [0.717, 1.165) is 19.4 Å². The molecule has 0 spiro atoms. The molecule has 0 aromatic carbocycles. The summed E-state index contributed by atoms with van der Waals surface area (Å²) in [5.74, 6) is -0.0275. The monoisotopic (exact) mass is 270 g/mol. The molecule has 110 valence electrons. The van der Waals surface area contributed by atoms with Crippen LogP contribution >= 0.6 is 0 Å². The zero-order valence-electron chi connectivity index (χ0n) is 12.0. The van der Waals surface area contributed by atoms with Gasteiger partial charge in [-0.25, -0.2) is 0 Å². The van der Waals surface area contributed by atoms with Crippen molar-refractivity contribution in [2.45, 2.75) is 52.0 Å². The molecule has 1 aliphatic rings. The highest BCUT2D eigenvalue weighted by Crippen LogP contribution is 2.22. The standard InChI is InChI=1S/C14H26N2O3/c1-10(2)8-12(15)14(19)16-7-3-4-11(9-16)5-6-13(17)18/h10-12H,3-9,15H2,1-2H3,(H,17,18)/t11?,12-/m1/s1. The number of carboxylic acid groups (broad SMARTS) is 1. The van der Waals surface area contributed by atoms with Crippen LogP contribution in [0.15, 0.2) is 0 Å². The van der Waals surface area contributed by atoms with Crippen LogP contribution in [0.5, 0.6) is 0 Å². The molecule has 1 fully saturated rings. The molecular weight excluding hydrogens is 244 g/mol. The fraction of sp³-hybridized carbons (Fsp3) is 0.857. The number of carbonyl (C=O) groups excluding carboxylic acids is 1. The number of nitrogens with two attached hydrogens (primary N) is 1. The van der Waals surface area contributed by atoms with Gasteiger partial charge in [-0.2, -0.15) is 0 Å². The first-order chi connectivity index (χ1) is 8.90. The average molecular weight is 270 g/mol. The second-order valence-electron chi connectivity index (χ2n) is 5.96. The molecule has 1 unspecified atom stereocenters. The lowest BCUT2D eigenvalue weighted by Gasteiger charge is -2.34. The van der Waals surface area contributed by atoms with Gasteiger partial charge in [-0.3, -0.25) is 9.59 Å². The fourth-order valence-corrected chi connectivity index (χ4v) is 2.67. The smallest absolute Gasteiger partial charge is 0.303 e. The summed E-state index contributed by atoms with van der Waals surface area (Å²) in [7, 11) is 0. The van der Waals surface area contributed by atoms with Crippen LogP contribution in [0.4, 0.5) is 0 Å². The Kier molecular flexibility index (Phi) is 6.28. The molecule has 0 aliphatic carbocycles. The number of amides is 1. The molecule has 19 heavy (non-hydrogen) atoms. The van der Waals surface area contributed by atoms with Gasteiger partial charge in [0, 0.05) is 19.5 Å². The third kappa shape index (κ3) is 5.59. The van der Waals surface area contributed by atoms with Crippen LogP contribution in [0, 0.1) is 11.8 Å². The first-order valence-corrected chi connectivity index (χ1v) is 7.16. The summed E-state index contributed by atoms with van der Waals surface area (Å²) in [5.41, 5.74) is 5.93. The Morgan fingerprint density at radius 2 is 2.11 bits per heavy atom. The van der Waals surface area contributed by atoms with E-state index in [4.69, 9.17) is 10.8 Å². The number of rotatable bonds is 6. The molecule has 0 bridgehead atoms. The van der Waals surface area contributed by atoms with Crippen molar-refractivity contribution in [3.63, 3.8) is 0 Å². The molecule has 0 radical (unpaired) electrons. The predicted octanol–water partition coefficient (Wildman–Crippen LogP) is 1.46. The number of carbonyl (C=O) groups is 2. The van der Waals surface area contributed by atoms with E-state index in [0.29, 0.717) is 31.2 Å². The van der Waals surface area contributed by atoms with Crippen LogP contribution in [0.3, 0.4) is 0 Å². The van der Waals surface area contributed by atoms with Gasteiger partial charge in [0.15, 0.2) is 0 Å². The Hall–Kier alpha value is -1.10. The van der Waals surface area contributed by atoms with Gasteiger partial charge in [0.1, 0.15) is 0 Å². The molecule has 1 aliphatic heterocycles. The largest absolute Gasteiger partial charge is 0.481 e. The average Bonchev–Trinajstić information content (AvgIpc) is 2.35. The number of nitrogens with zero attached hydrogens (tertiary/aromatic N) is 1. The molecule has 5 nitrogen and oxygen atoms in total. The van der Waals surface area contributed by atoms with E-state index in [1.54, 1.807) is 0 Å². The van der Waals surface area contributed by atoms with Gasteiger partial charge in [0.2, 0.25) is 5.91 Å². The van der Waals surface area contributed by atoms with E-state index in [1.807, 2.05) is 4.90 Å². The van der Waals surface area contributed by atoms with E-state index in [-0.39, 0.29) is 12.3 Å². The molecule has 5 heteroatoms. The molecule has 0 aromatic rings. The maximum Gasteiger partial charge on any atom is 0.303 e. The summed E-state index contributed by atoms with van der Waals surface area (Å²) >= 11 is 0. The van der Waals surface area contributed by atoms with Crippen molar-refractivity contribution < 1.29 is 14.7 Å². The van der Waals surface area contributed by atoms with Crippen LogP contribution < -0.4 is 5.73 Å². The second kappa shape index (κ2) is 7.48. The number of aliphatic carboxylic acids is 1. The van der Waals surface area contributed by atoms with Crippen molar-refractivity contribution >= 4 is 11.9 Å². The quantitative estimate of drug-likeness (QED) is 0.765. The van der Waals surface area contributed by atoms with E-state index in [2.05, 4.69) is 13.8 Å². The van der Waals surface area contributed by atoms with Crippen molar-refractivity contribution in [2.24, 2.45) is 17.6 Å². The van der Waals surface area contributed by atoms with Gasteiger partial charge in [-0.1, -0.05) is 13.8 Å². The van der Waals surface area contributed by atoms with E-state index < -0.39 is 12.0 Å². The zero-order valence-corrected chi connectivity index (χ0v) is 12.0. The van der Waals surface area contributed by atoms with Crippen molar-refractivity contribution in [1.82, 2.24) is 4.90 Å².